The molecule has 8 heteroatoms. The lowest BCUT2D eigenvalue weighted by molar-refractivity contribution is -0.123. The fourth-order valence-electron chi connectivity index (χ4n) is 1.76. The molecule has 1 N–H and O–H groups in total. The van der Waals surface area contributed by atoms with Crippen molar-refractivity contribution in [3.63, 3.8) is 0 Å². The number of anilines is 1. The normalized spacial score (nSPS) is 11.7. The van der Waals surface area contributed by atoms with Gasteiger partial charge in [-0.2, -0.15) is 0 Å². The van der Waals surface area contributed by atoms with Crippen molar-refractivity contribution in [3.8, 4) is 0 Å². The summed E-state index contributed by atoms with van der Waals surface area (Å²) in [6.45, 7) is 1.29. The number of hydrogen-bond acceptors (Lipinski definition) is 3. The Morgan fingerprint density at radius 2 is 1.83 bits per heavy atom. The van der Waals surface area contributed by atoms with E-state index in [9.17, 15) is 18.4 Å². The van der Waals surface area contributed by atoms with E-state index in [2.05, 4.69) is 5.32 Å². The Hall–Kier alpha value is -2.18. The van der Waals surface area contributed by atoms with Crippen molar-refractivity contribution in [1.82, 2.24) is 0 Å². The van der Waals surface area contributed by atoms with Crippen molar-refractivity contribution in [2.24, 2.45) is 0 Å². The van der Waals surface area contributed by atoms with Gasteiger partial charge in [0.1, 0.15) is 11.6 Å². The predicted octanol–water partition coefficient (Wildman–Crippen LogP) is 4.46. The van der Waals surface area contributed by atoms with E-state index in [1.165, 1.54) is 25.1 Å². The Labute approximate surface area is 146 Å². The second kappa shape index (κ2) is 7.59. The molecule has 2 rings (SSSR count). The summed E-state index contributed by atoms with van der Waals surface area (Å²) in [4.78, 5) is 24.0. The van der Waals surface area contributed by atoms with Gasteiger partial charge in [0.05, 0.1) is 16.3 Å². The molecule has 4 nitrogen and oxygen atoms in total. The van der Waals surface area contributed by atoms with Crippen LogP contribution >= 0.6 is 23.2 Å². The Bertz CT molecular complexity index is 799. The van der Waals surface area contributed by atoms with Crippen LogP contribution in [0.2, 0.25) is 10.0 Å². The van der Waals surface area contributed by atoms with Gasteiger partial charge < -0.3 is 10.1 Å². The molecule has 0 aliphatic carbocycles. The van der Waals surface area contributed by atoms with Crippen molar-refractivity contribution in [2.75, 3.05) is 5.32 Å². The first-order valence-corrected chi connectivity index (χ1v) is 7.45. The average Bonchev–Trinajstić information content (AvgIpc) is 2.50. The minimum absolute atomic E-state index is 0.0256. The number of halogens is 4. The second-order valence-electron chi connectivity index (χ2n) is 4.79. The molecule has 2 aromatic rings. The highest BCUT2D eigenvalue weighted by atomic mass is 35.5. The quantitative estimate of drug-likeness (QED) is 0.805. The number of benzene rings is 2. The number of nitrogens with one attached hydrogen (secondary N) is 1. The molecular formula is C16H11Cl2F2NO3. The van der Waals surface area contributed by atoms with Gasteiger partial charge in [-0.25, -0.2) is 13.6 Å². The summed E-state index contributed by atoms with van der Waals surface area (Å²) in [5.74, 6) is -3.20. The molecule has 0 fully saturated rings. The van der Waals surface area contributed by atoms with E-state index in [0.29, 0.717) is 5.02 Å². The number of ether oxygens (including phenoxy) is 1. The van der Waals surface area contributed by atoms with Crippen LogP contribution in [0.3, 0.4) is 0 Å². The Morgan fingerprint density at radius 1 is 1.12 bits per heavy atom. The summed E-state index contributed by atoms with van der Waals surface area (Å²) in [5, 5.41) is 2.55. The van der Waals surface area contributed by atoms with Gasteiger partial charge in [-0.15, -0.1) is 0 Å². The van der Waals surface area contributed by atoms with E-state index < -0.39 is 29.6 Å². The number of amides is 1. The fraction of sp³-hybridized carbons (Fsp3) is 0.125. The molecule has 0 saturated carbocycles. The van der Waals surface area contributed by atoms with Crippen LogP contribution in [0, 0.1) is 11.6 Å². The lowest BCUT2D eigenvalue weighted by Gasteiger charge is -2.14. The highest BCUT2D eigenvalue weighted by molar-refractivity contribution is 6.36. The van der Waals surface area contributed by atoms with Gasteiger partial charge in [-0.1, -0.05) is 23.2 Å². The van der Waals surface area contributed by atoms with E-state index >= 15 is 0 Å². The summed E-state index contributed by atoms with van der Waals surface area (Å²) in [5.41, 5.74) is -0.329. The zero-order valence-corrected chi connectivity index (χ0v) is 13.8. The largest absolute Gasteiger partial charge is 0.449 e. The van der Waals surface area contributed by atoms with Crippen LogP contribution in [-0.2, 0) is 9.53 Å². The van der Waals surface area contributed by atoms with Crippen molar-refractivity contribution in [3.05, 3.63) is 63.6 Å². The predicted molar refractivity (Wildman–Crippen MR) is 86.3 cm³/mol. The first kappa shape index (κ1) is 18.2. The van der Waals surface area contributed by atoms with Gasteiger partial charge in [0.25, 0.3) is 5.91 Å². The zero-order chi connectivity index (χ0) is 17.9. The number of carbonyl (C=O) groups excluding carboxylic acids is 2. The second-order valence-corrected chi connectivity index (χ2v) is 5.63. The summed E-state index contributed by atoms with van der Waals surface area (Å²) >= 11 is 11.6. The Balaban J connectivity index is 2.05. The highest BCUT2D eigenvalue weighted by Gasteiger charge is 2.21. The molecule has 0 bridgehead atoms. The Morgan fingerprint density at radius 3 is 2.50 bits per heavy atom. The number of hydrogen-bond donors (Lipinski definition) is 1. The van der Waals surface area contributed by atoms with Crippen LogP contribution in [0.1, 0.15) is 17.3 Å². The van der Waals surface area contributed by atoms with Crippen molar-refractivity contribution in [1.29, 1.82) is 0 Å². The fourth-order valence-corrected chi connectivity index (χ4v) is 2.25. The summed E-state index contributed by atoms with van der Waals surface area (Å²) < 4.78 is 31.5. The molecule has 0 aromatic heterocycles. The maximum atomic E-state index is 13.5. The first-order chi connectivity index (χ1) is 11.3. The third kappa shape index (κ3) is 4.43. The molecule has 1 amide bonds. The van der Waals surface area contributed by atoms with Crippen LogP contribution in [-0.4, -0.2) is 18.0 Å². The van der Waals surface area contributed by atoms with Gasteiger partial charge in [-0.05, 0) is 37.3 Å². The molecule has 0 aliphatic rings. The molecule has 24 heavy (non-hydrogen) atoms. The van der Waals surface area contributed by atoms with Gasteiger partial charge in [0.2, 0.25) is 0 Å². The van der Waals surface area contributed by atoms with E-state index in [1.54, 1.807) is 0 Å². The van der Waals surface area contributed by atoms with Crippen molar-refractivity contribution >= 4 is 40.8 Å². The zero-order valence-electron chi connectivity index (χ0n) is 12.3. The van der Waals surface area contributed by atoms with Crippen molar-refractivity contribution < 1.29 is 23.1 Å². The topological polar surface area (TPSA) is 55.4 Å². The number of rotatable bonds is 4. The maximum Gasteiger partial charge on any atom is 0.340 e. The molecule has 1 atom stereocenters. The van der Waals surface area contributed by atoms with Gasteiger partial charge >= 0.3 is 5.97 Å². The smallest absolute Gasteiger partial charge is 0.340 e. The van der Waals surface area contributed by atoms with Crippen molar-refractivity contribution in [2.45, 2.75) is 13.0 Å². The average molecular weight is 374 g/mol. The minimum Gasteiger partial charge on any atom is -0.449 e. The van der Waals surface area contributed by atoms with Gasteiger partial charge in [0.15, 0.2) is 6.10 Å². The third-order valence-corrected chi connectivity index (χ3v) is 3.54. The first-order valence-electron chi connectivity index (χ1n) is 6.70. The standard InChI is InChI=1S/C16H11Cl2F2NO3/c1-8(15(22)21-14-7-10(19)3-5-13(14)20)24-16(23)11-4-2-9(17)6-12(11)18/h2-8H,1H3,(H,21,22)/t8-/m1/s1. The van der Waals surface area contributed by atoms with E-state index in [4.69, 9.17) is 27.9 Å². The third-order valence-electron chi connectivity index (χ3n) is 2.99. The molecule has 0 aliphatic heterocycles. The lowest BCUT2D eigenvalue weighted by Crippen LogP contribution is -2.30. The van der Waals surface area contributed by atoms with Gasteiger partial charge in [0, 0.05) is 11.1 Å². The molecule has 0 unspecified atom stereocenters. The van der Waals surface area contributed by atoms with Crippen LogP contribution in [0.4, 0.5) is 14.5 Å². The number of esters is 1. The maximum absolute atomic E-state index is 13.5. The molecule has 0 spiro atoms. The van der Waals surface area contributed by atoms with E-state index in [0.717, 1.165) is 18.2 Å². The molecule has 0 radical (unpaired) electrons. The van der Waals surface area contributed by atoms with Crippen LogP contribution < -0.4 is 5.32 Å². The van der Waals surface area contributed by atoms with Crippen LogP contribution in [0.5, 0.6) is 0 Å². The highest BCUT2D eigenvalue weighted by Crippen LogP contribution is 2.22. The Kier molecular flexibility index (Phi) is 5.75. The SMILES string of the molecule is C[C@@H](OC(=O)c1ccc(Cl)cc1Cl)C(=O)Nc1cc(F)ccc1F. The van der Waals surface area contributed by atoms with Crippen LogP contribution in [0.25, 0.3) is 0 Å². The van der Waals surface area contributed by atoms with Gasteiger partial charge in [-0.3, -0.25) is 4.79 Å². The number of carbonyl (C=O) groups is 2. The summed E-state index contributed by atoms with van der Waals surface area (Å²) in [6, 6.07) is 6.75. The molecule has 2 aromatic carbocycles. The summed E-state index contributed by atoms with van der Waals surface area (Å²) in [7, 11) is 0. The van der Waals surface area contributed by atoms with E-state index in [1.807, 2.05) is 0 Å². The minimum atomic E-state index is -1.26. The molecular weight excluding hydrogens is 363 g/mol. The lowest BCUT2D eigenvalue weighted by atomic mass is 10.2. The monoisotopic (exact) mass is 373 g/mol. The molecule has 126 valence electrons. The van der Waals surface area contributed by atoms with E-state index in [-0.39, 0.29) is 16.3 Å². The molecule has 0 saturated heterocycles. The molecule has 0 heterocycles. The van der Waals surface area contributed by atoms with Crippen LogP contribution in [0.15, 0.2) is 36.4 Å². The summed E-state index contributed by atoms with van der Waals surface area (Å²) in [6.07, 6.45) is -1.26.